The molecule has 0 saturated heterocycles. The first kappa shape index (κ1) is 13.3. The molecule has 0 aliphatic rings. The van der Waals surface area contributed by atoms with Crippen LogP contribution in [0.15, 0.2) is 59.2 Å². The van der Waals surface area contributed by atoms with Crippen molar-refractivity contribution in [3.05, 3.63) is 59.2 Å². The Morgan fingerprint density at radius 2 is 1.77 bits per heavy atom. The topological polar surface area (TPSA) is 42.2 Å². The van der Waals surface area contributed by atoms with Crippen LogP contribution >= 0.6 is 15.9 Å². The van der Waals surface area contributed by atoms with E-state index in [0.717, 1.165) is 38.2 Å². The highest BCUT2D eigenvalue weighted by atomic mass is 79.9. The number of aromatic nitrogens is 3. The van der Waals surface area contributed by atoms with Crippen LogP contribution < -0.4 is 5.32 Å². The summed E-state index contributed by atoms with van der Waals surface area (Å²) in [6.07, 6.45) is 2.06. The molecule has 0 amide bonds. The summed E-state index contributed by atoms with van der Waals surface area (Å²) < 4.78 is 3.15. The van der Waals surface area contributed by atoms with Crippen molar-refractivity contribution in [2.75, 3.05) is 12.4 Å². The number of hydrogen-bond acceptors (Lipinski definition) is 3. The summed E-state index contributed by atoms with van der Waals surface area (Å²) in [6.45, 7) is 0. The second kappa shape index (κ2) is 5.10. The van der Waals surface area contributed by atoms with Crippen LogP contribution in [-0.4, -0.2) is 21.4 Å². The predicted octanol–water partition coefficient (Wildman–Crippen LogP) is 4.35. The maximum atomic E-state index is 4.76. The first-order valence-electron chi connectivity index (χ1n) is 6.98. The minimum atomic E-state index is 0.780. The average molecular weight is 353 g/mol. The minimum absolute atomic E-state index is 0.780. The molecule has 0 fully saturated rings. The first-order valence-corrected chi connectivity index (χ1v) is 7.77. The van der Waals surface area contributed by atoms with Crippen LogP contribution in [0.3, 0.4) is 0 Å². The van der Waals surface area contributed by atoms with Gasteiger partial charge in [-0.2, -0.15) is 0 Å². The third-order valence-electron chi connectivity index (χ3n) is 3.67. The van der Waals surface area contributed by atoms with Crippen molar-refractivity contribution in [1.29, 1.82) is 0 Å². The standard InChI is InChI=1S/C17H13BrN4/c1-19-16-17-21-14(11-6-8-12(18)9-7-11)10-22(17)15-5-3-2-4-13(15)20-16/h2-10H,1H3,(H,19,20). The Labute approximate surface area is 136 Å². The Hall–Kier alpha value is -2.40. The van der Waals surface area contributed by atoms with Crippen LogP contribution in [0.5, 0.6) is 0 Å². The number of benzene rings is 2. The number of nitrogens with zero attached hydrogens (tertiary/aromatic N) is 3. The maximum absolute atomic E-state index is 4.76. The van der Waals surface area contributed by atoms with Gasteiger partial charge in [-0.3, -0.25) is 4.40 Å². The van der Waals surface area contributed by atoms with E-state index in [1.807, 2.05) is 37.4 Å². The zero-order valence-corrected chi connectivity index (χ0v) is 13.5. The lowest BCUT2D eigenvalue weighted by molar-refractivity contribution is 1.20. The van der Waals surface area contributed by atoms with Gasteiger partial charge in [0.05, 0.1) is 16.7 Å². The molecular weight excluding hydrogens is 340 g/mol. The summed E-state index contributed by atoms with van der Waals surface area (Å²) >= 11 is 3.46. The Morgan fingerprint density at radius 3 is 2.55 bits per heavy atom. The predicted molar refractivity (Wildman–Crippen MR) is 93.2 cm³/mol. The van der Waals surface area contributed by atoms with Crippen molar-refractivity contribution in [2.45, 2.75) is 0 Å². The number of hydrogen-bond donors (Lipinski definition) is 1. The Morgan fingerprint density at radius 1 is 1.00 bits per heavy atom. The molecule has 2 aromatic heterocycles. The Balaban J connectivity index is 2.03. The molecule has 0 atom stereocenters. The third-order valence-corrected chi connectivity index (χ3v) is 4.20. The molecule has 0 spiro atoms. The van der Waals surface area contributed by atoms with E-state index in [0.29, 0.717) is 0 Å². The molecule has 4 nitrogen and oxygen atoms in total. The Bertz CT molecular complexity index is 973. The summed E-state index contributed by atoms with van der Waals surface area (Å²) in [5, 5.41) is 3.13. The van der Waals surface area contributed by atoms with E-state index in [1.54, 1.807) is 0 Å². The first-order chi connectivity index (χ1) is 10.8. The molecule has 0 bridgehead atoms. The van der Waals surface area contributed by atoms with Crippen molar-refractivity contribution in [3.63, 3.8) is 0 Å². The molecule has 0 saturated carbocycles. The fourth-order valence-electron chi connectivity index (χ4n) is 2.59. The van der Waals surface area contributed by atoms with Gasteiger partial charge in [0, 0.05) is 23.3 Å². The lowest BCUT2D eigenvalue weighted by atomic mass is 10.2. The van der Waals surface area contributed by atoms with Gasteiger partial charge >= 0.3 is 0 Å². The number of nitrogens with one attached hydrogen (secondary N) is 1. The number of anilines is 1. The van der Waals surface area contributed by atoms with E-state index in [9.17, 15) is 0 Å². The van der Waals surface area contributed by atoms with Gasteiger partial charge in [-0.05, 0) is 24.3 Å². The van der Waals surface area contributed by atoms with Gasteiger partial charge in [-0.25, -0.2) is 9.97 Å². The zero-order chi connectivity index (χ0) is 15.1. The zero-order valence-electron chi connectivity index (χ0n) is 11.9. The lowest BCUT2D eigenvalue weighted by Gasteiger charge is -2.05. The molecule has 0 unspecified atom stereocenters. The number of rotatable bonds is 2. The lowest BCUT2D eigenvalue weighted by Crippen LogP contribution is -1.98. The third kappa shape index (κ3) is 2.05. The van der Waals surface area contributed by atoms with Crippen molar-refractivity contribution >= 4 is 38.4 Å². The van der Waals surface area contributed by atoms with Crippen LogP contribution in [0.25, 0.3) is 27.9 Å². The summed E-state index contributed by atoms with van der Waals surface area (Å²) in [6, 6.07) is 16.2. The van der Waals surface area contributed by atoms with Gasteiger partial charge in [0.1, 0.15) is 0 Å². The smallest absolute Gasteiger partial charge is 0.181 e. The highest BCUT2D eigenvalue weighted by molar-refractivity contribution is 9.10. The monoisotopic (exact) mass is 352 g/mol. The average Bonchev–Trinajstić information content (AvgIpc) is 3.00. The van der Waals surface area contributed by atoms with Crippen molar-refractivity contribution in [3.8, 4) is 11.3 Å². The van der Waals surface area contributed by atoms with Crippen LogP contribution in [-0.2, 0) is 0 Å². The normalized spacial score (nSPS) is 11.2. The molecule has 0 aliphatic carbocycles. The molecule has 4 aromatic rings. The molecule has 0 aliphatic heterocycles. The van der Waals surface area contributed by atoms with Gasteiger partial charge < -0.3 is 5.32 Å². The second-order valence-electron chi connectivity index (χ2n) is 5.03. The van der Waals surface area contributed by atoms with Crippen LogP contribution in [0.1, 0.15) is 0 Å². The van der Waals surface area contributed by atoms with Crippen molar-refractivity contribution in [2.24, 2.45) is 0 Å². The van der Waals surface area contributed by atoms with Crippen LogP contribution in [0.4, 0.5) is 5.82 Å². The maximum Gasteiger partial charge on any atom is 0.181 e. The van der Waals surface area contributed by atoms with Gasteiger partial charge in [-0.1, -0.05) is 40.2 Å². The molecule has 5 heteroatoms. The summed E-state index contributed by atoms with van der Waals surface area (Å²) in [5.74, 6) is 0.780. The van der Waals surface area contributed by atoms with Crippen LogP contribution in [0.2, 0.25) is 0 Å². The highest BCUT2D eigenvalue weighted by Crippen LogP contribution is 2.26. The van der Waals surface area contributed by atoms with E-state index in [4.69, 9.17) is 4.98 Å². The van der Waals surface area contributed by atoms with E-state index in [-0.39, 0.29) is 0 Å². The quantitative estimate of drug-likeness (QED) is 0.582. The molecule has 2 aromatic carbocycles. The fourth-order valence-corrected chi connectivity index (χ4v) is 2.86. The molecule has 108 valence electrons. The SMILES string of the molecule is CNc1nc2ccccc2n2cc(-c3ccc(Br)cc3)nc12. The molecule has 4 rings (SSSR count). The Kier molecular flexibility index (Phi) is 3.08. The summed E-state index contributed by atoms with van der Waals surface area (Å²) in [5.41, 5.74) is 4.84. The van der Waals surface area contributed by atoms with Gasteiger partial charge in [0.2, 0.25) is 0 Å². The molecule has 22 heavy (non-hydrogen) atoms. The van der Waals surface area contributed by atoms with Gasteiger partial charge in [-0.15, -0.1) is 0 Å². The van der Waals surface area contributed by atoms with Gasteiger partial charge in [0.25, 0.3) is 0 Å². The minimum Gasteiger partial charge on any atom is -0.370 e. The number of fused-ring (bicyclic) bond motifs is 3. The number of imidazole rings is 1. The van der Waals surface area contributed by atoms with Crippen LogP contribution in [0, 0.1) is 0 Å². The molecular formula is C17H13BrN4. The van der Waals surface area contributed by atoms with E-state index in [1.165, 1.54) is 0 Å². The fraction of sp³-hybridized carbons (Fsp3) is 0.0588. The number of halogens is 1. The second-order valence-corrected chi connectivity index (χ2v) is 5.94. The molecule has 1 N–H and O–H groups in total. The largest absolute Gasteiger partial charge is 0.370 e. The van der Waals surface area contributed by atoms with Crippen molar-refractivity contribution in [1.82, 2.24) is 14.4 Å². The van der Waals surface area contributed by atoms with Crippen molar-refractivity contribution < 1.29 is 0 Å². The summed E-state index contributed by atoms with van der Waals surface area (Å²) in [7, 11) is 1.87. The summed E-state index contributed by atoms with van der Waals surface area (Å²) in [4.78, 5) is 9.40. The van der Waals surface area contributed by atoms with Gasteiger partial charge in [0.15, 0.2) is 11.5 Å². The van der Waals surface area contributed by atoms with E-state index >= 15 is 0 Å². The van der Waals surface area contributed by atoms with E-state index in [2.05, 4.69) is 55.0 Å². The number of para-hydroxylation sites is 2. The highest BCUT2D eigenvalue weighted by Gasteiger charge is 2.12. The van der Waals surface area contributed by atoms with E-state index < -0.39 is 0 Å². The molecule has 2 heterocycles. The molecule has 0 radical (unpaired) electrons.